The molecule has 1 aromatic rings. The average molecular weight is 390 g/mol. The molecule has 148 valence electrons. The maximum atomic E-state index is 13.8. The Kier molecular flexibility index (Phi) is 5.96. The van der Waals surface area contributed by atoms with Gasteiger partial charge >= 0.3 is 5.97 Å². The van der Waals surface area contributed by atoms with Crippen LogP contribution in [0.5, 0.6) is 0 Å². The summed E-state index contributed by atoms with van der Waals surface area (Å²) in [6, 6.07) is 3.12. The molecule has 1 aromatic carbocycles. The number of carbonyl (C=O) groups is 3. The Morgan fingerprint density at radius 1 is 1.11 bits per heavy atom. The highest BCUT2D eigenvalue weighted by atomic mass is 19.1. The van der Waals surface area contributed by atoms with Crippen LogP contribution in [0, 0.1) is 23.5 Å². The third-order valence-electron chi connectivity index (χ3n) is 5.17. The second-order valence-electron chi connectivity index (χ2n) is 7.04. The first kappa shape index (κ1) is 19.9. The van der Waals surface area contributed by atoms with Crippen molar-refractivity contribution in [1.82, 2.24) is 5.32 Å². The largest absolute Gasteiger partial charge is 0.481 e. The molecule has 1 aliphatic heterocycles. The van der Waals surface area contributed by atoms with Gasteiger partial charge in [-0.15, -0.1) is 0 Å². The minimum atomic E-state index is -0.990. The van der Waals surface area contributed by atoms with Gasteiger partial charge in [0.15, 0.2) is 5.78 Å². The molecule has 0 bridgehead atoms. The van der Waals surface area contributed by atoms with Crippen LogP contribution >= 0.6 is 0 Å². The lowest BCUT2D eigenvalue weighted by molar-refractivity contribution is -0.143. The van der Waals surface area contributed by atoms with Gasteiger partial charge in [0, 0.05) is 6.42 Å². The van der Waals surface area contributed by atoms with Crippen LogP contribution in [-0.2, 0) is 9.59 Å². The molecule has 1 amide bonds. The first-order valence-electron chi connectivity index (χ1n) is 9.13. The summed E-state index contributed by atoms with van der Waals surface area (Å²) in [5.74, 6) is -4.33. The number of allylic oxidation sites excluding steroid dienone is 1. The second-order valence-corrected chi connectivity index (χ2v) is 7.04. The van der Waals surface area contributed by atoms with E-state index in [9.17, 15) is 23.2 Å². The lowest BCUT2D eigenvalue weighted by Crippen LogP contribution is -2.32. The van der Waals surface area contributed by atoms with Crippen molar-refractivity contribution in [2.24, 2.45) is 16.8 Å². The fourth-order valence-electron chi connectivity index (χ4n) is 3.63. The molecule has 1 saturated carbocycles. The fourth-order valence-corrected chi connectivity index (χ4v) is 3.63. The van der Waals surface area contributed by atoms with E-state index in [1.165, 1.54) is 6.08 Å². The maximum absolute atomic E-state index is 13.8. The van der Waals surface area contributed by atoms with Gasteiger partial charge < -0.3 is 10.4 Å². The number of ketones is 1. The second kappa shape index (κ2) is 8.41. The minimum Gasteiger partial charge on any atom is -0.481 e. The number of rotatable bonds is 6. The molecule has 1 heterocycles. The van der Waals surface area contributed by atoms with Gasteiger partial charge in [0.25, 0.3) is 5.91 Å². The van der Waals surface area contributed by atoms with Crippen LogP contribution in [-0.4, -0.2) is 35.0 Å². The van der Waals surface area contributed by atoms with Crippen LogP contribution < -0.4 is 5.32 Å². The molecule has 0 radical (unpaired) electrons. The molecule has 6 nitrogen and oxygen atoms in total. The molecule has 0 saturated heterocycles. The number of carboxylic acid groups (broad SMARTS) is 1. The summed E-state index contributed by atoms with van der Waals surface area (Å²) < 4.78 is 27.5. The number of hydrogen-bond donors (Lipinski definition) is 2. The van der Waals surface area contributed by atoms with E-state index in [2.05, 4.69) is 10.3 Å². The molecule has 2 aliphatic rings. The number of amides is 1. The van der Waals surface area contributed by atoms with Crippen molar-refractivity contribution >= 4 is 23.4 Å². The molecule has 0 atom stereocenters. The first-order valence-corrected chi connectivity index (χ1v) is 9.13. The molecule has 0 unspecified atom stereocenters. The predicted octanol–water partition coefficient (Wildman–Crippen LogP) is 2.88. The van der Waals surface area contributed by atoms with E-state index in [1.807, 2.05) is 0 Å². The third-order valence-corrected chi connectivity index (χ3v) is 5.17. The summed E-state index contributed by atoms with van der Waals surface area (Å²) in [7, 11) is 0. The number of carboxylic acids is 1. The van der Waals surface area contributed by atoms with E-state index < -0.39 is 29.1 Å². The van der Waals surface area contributed by atoms with Gasteiger partial charge in [-0.2, -0.15) is 0 Å². The van der Waals surface area contributed by atoms with Crippen LogP contribution in [0.15, 0.2) is 35.0 Å². The van der Waals surface area contributed by atoms with Gasteiger partial charge in [-0.1, -0.05) is 6.07 Å². The van der Waals surface area contributed by atoms with Gasteiger partial charge in [-0.25, -0.2) is 8.78 Å². The van der Waals surface area contributed by atoms with Crippen molar-refractivity contribution in [1.29, 1.82) is 0 Å². The Labute approximate surface area is 160 Å². The van der Waals surface area contributed by atoms with E-state index in [-0.39, 0.29) is 42.0 Å². The van der Waals surface area contributed by atoms with Crippen molar-refractivity contribution in [3.8, 4) is 0 Å². The third kappa shape index (κ3) is 4.32. The zero-order chi connectivity index (χ0) is 20.3. The fraction of sp³-hybridized carbons (Fsp3) is 0.400. The van der Waals surface area contributed by atoms with E-state index in [4.69, 9.17) is 5.11 Å². The van der Waals surface area contributed by atoms with Gasteiger partial charge in [-0.3, -0.25) is 19.4 Å². The lowest BCUT2D eigenvalue weighted by atomic mass is 9.79. The van der Waals surface area contributed by atoms with Crippen molar-refractivity contribution in [2.75, 3.05) is 6.54 Å². The quantitative estimate of drug-likeness (QED) is 0.781. The average Bonchev–Trinajstić information content (AvgIpc) is 3.10. The van der Waals surface area contributed by atoms with E-state index >= 15 is 0 Å². The van der Waals surface area contributed by atoms with E-state index in [1.54, 1.807) is 0 Å². The molecule has 8 heteroatoms. The molecule has 3 rings (SSSR count). The molecule has 0 aromatic heterocycles. The number of benzene rings is 1. The van der Waals surface area contributed by atoms with Crippen LogP contribution in [0.25, 0.3) is 0 Å². The Balaban J connectivity index is 1.61. The Hall–Kier alpha value is -2.90. The normalized spacial score (nSPS) is 21.6. The Morgan fingerprint density at radius 2 is 1.75 bits per heavy atom. The molecule has 28 heavy (non-hydrogen) atoms. The summed E-state index contributed by atoms with van der Waals surface area (Å²) in [5.41, 5.74) is -0.476. The summed E-state index contributed by atoms with van der Waals surface area (Å²) in [6.07, 6.45) is 4.07. The number of aliphatic carboxylic acids is 1. The molecule has 2 N–H and O–H groups in total. The number of aliphatic imine (C=N–C) groups is 1. The number of Topliss-reactive ketones (excluding diaryl/α,β-unsaturated/α-hetero) is 1. The van der Waals surface area contributed by atoms with E-state index in [0.29, 0.717) is 25.7 Å². The van der Waals surface area contributed by atoms with Crippen LogP contribution in [0.4, 0.5) is 8.78 Å². The summed E-state index contributed by atoms with van der Waals surface area (Å²) in [6.45, 7) is 0.197. The maximum Gasteiger partial charge on any atom is 0.306 e. The van der Waals surface area contributed by atoms with Crippen molar-refractivity contribution < 1.29 is 28.3 Å². The molecular formula is C20H20F2N2O4. The van der Waals surface area contributed by atoms with Gasteiger partial charge in [0.1, 0.15) is 22.9 Å². The summed E-state index contributed by atoms with van der Waals surface area (Å²) in [5, 5.41) is 11.4. The molecule has 1 fully saturated rings. The zero-order valence-corrected chi connectivity index (χ0v) is 15.1. The van der Waals surface area contributed by atoms with Crippen LogP contribution in [0.3, 0.4) is 0 Å². The minimum absolute atomic E-state index is 0.0624. The zero-order valence-electron chi connectivity index (χ0n) is 15.1. The number of hydrogen-bond acceptors (Lipinski definition) is 4. The summed E-state index contributed by atoms with van der Waals surface area (Å²) >= 11 is 0. The molecular weight excluding hydrogens is 370 g/mol. The number of halogens is 2. The van der Waals surface area contributed by atoms with Crippen LogP contribution in [0.2, 0.25) is 0 Å². The Bertz CT molecular complexity index is 851. The lowest BCUT2D eigenvalue weighted by Gasteiger charge is -2.25. The van der Waals surface area contributed by atoms with E-state index in [0.717, 1.165) is 18.2 Å². The molecule has 1 aliphatic carbocycles. The van der Waals surface area contributed by atoms with Crippen molar-refractivity contribution in [3.63, 3.8) is 0 Å². The van der Waals surface area contributed by atoms with Crippen molar-refractivity contribution in [2.45, 2.75) is 32.1 Å². The van der Waals surface area contributed by atoms with Crippen molar-refractivity contribution in [3.05, 3.63) is 47.2 Å². The highest BCUT2D eigenvalue weighted by Crippen LogP contribution is 2.31. The Morgan fingerprint density at radius 3 is 2.36 bits per heavy atom. The number of carbonyl (C=O) groups excluding carboxylic acids is 2. The summed E-state index contributed by atoms with van der Waals surface area (Å²) in [4.78, 5) is 40.0. The molecule has 0 spiro atoms. The van der Waals surface area contributed by atoms with Crippen LogP contribution in [0.1, 0.15) is 42.5 Å². The van der Waals surface area contributed by atoms with Gasteiger partial charge in [0.05, 0.1) is 18.2 Å². The predicted molar refractivity (Wildman–Crippen MR) is 96.9 cm³/mol. The van der Waals surface area contributed by atoms with Gasteiger partial charge in [-0.05, 0) is 49.8 Å². The highest BCUT2D eigenvalue weighted by molar-refractivity contribution is 6.47. The number of nitrogens with zero attached hydrogens (tertiary/aromatic N) is 1. The first-order chi connectivity index (χ1) is 13.4. The SMILES string of the molecule is O=C(CC1CCC(C(=O)O)CC1)C1=NCC=C1NC(=O)c1c(F)cccc1F. The standard InChI is InChI=1S/C20H20F2N2O4/c21-13-2-1-3-14(22)17(13)19(26)24-15-8-9-23-18(15)16(25)10-11-4-6-12(7-5-11)20(27)28/h1-3,8,11-12H,4-7,9-10H2,(H,24,26)(H,27,28). The topological polar surface area (TPSA) is 95.8 Å². The number of nitrogens with one attached hydrogen (secondary N) is 1. The smallest absolute Gasteiger partial charge is 0.306 e. The monoisotopic (exact) mass is 390 g/mol. The highest BCUT2D eigenvalue weighted by Gasteiger charge is 2.30. The van der Waals surface area contributed by atoms with Gasteiger partial charge in [0.2, 0.25) is 0 Å².